The molecule has 0 unspecified atom stereocenters. The average Bonchev–Trinajstić information content (AvgIpc) is 2.85. The minimum atomic E-state index is -0.206. The van der Waals surface area contributed by atoms with Crippen molar-refractivity contribution < 1.29 is 9.53 Å². The number of piperazine rings is 1. The number of hydrogen-bond acceptors (Lipinski definition) is 6. The molecule has 10 heteroatoms. The van der Waals surface area contributed by atoms with Crippen molar-refractivity contribution in [1.82, 2.24) is 30.0 Å². The second kappa shape index (κ2) is 8.96. The second-order valence-corrected chi connectivity index (χ2v) is 4.98. The zero-order valence-corrected chi connectivity index (χ0v) is 13.7. The number of aromatic amines is 1. The Labute approximate surface area is 134 Å². The van der Waals surface area contributed by atoms with E-state index >= 15 is 0 Å². The summed E-state index contributed by atoms with van der Waals surface area (Å²) in [6, 6.07) is 0. The number of tetrazole rings is 1. The van der Waals surface area contributed by atoms with Crippen molar-refractivity contribution in [2.75, 3.05) is 39.3 Å². The molecule has 0 saturated carbocycles. The standard InChI is InChI=1S/C11H20N6O2S.ClH/c1-2-19-11(18)16-8-6-15(7-9-16)4-3-5-17-10(20)12-13-14-17;/h2-9H2,1H3,(H,12,14,20);1H. The predicted molar refractivity (Wildman–Crippen MR) is 82.1 cm³/mol. The first-order valence-electron chi connectivity index (χ1n) is 6.82. The number of halogens is 1. The Balaban J connectivity index is 0.00000220. The third-order valence-corrected chi connectivity index (χ3v) is 3.59. The van der Waals surface area contributed by atoms with Gasteiger partial charge < -0.3 is 9.64 Å². The van der Waals surface area contributed by atoms with Gasteiger partial charge in [-0.15, -0.1) is 12.4 Å². The highest BCUT2D eigenvalue weighted by Gasteiger charge is 2.21. The Morgan fingerprint density at radius 3 is 2.62 bits per heavy atom. The number of ether oxygens (including phenoxy) is 1. The van der Waals surface area contributed by atoms with Crippen molar-refractivity contribution in [3.8, 4) is 0 Å². The molecule has 120 valence electrons. The third-order valence-electron chi connectivity index (χ3n) is 3.29. The van der Waals surface area contributed by atoms with Crippen molar-refractivity contribution in [2.45, 2.75) is 19.9 Å². The number of aryl methyl sites for hydroxylation is 1. The fraction of sp³-hybridized carbons (Fsp3) is 0.818. The smallest absolute Gasteiger partial charge is 0.409 e. The van der Waals surface area contributed by atoms with Gasteiger partial charge in [-0.3, -0.25) is 4.90 Å². The van der Waals surface area contributed by atoms with Crippen LogP contribution in [-0.2, 0) is 11.3 Å². The van der Waals surface area contributed by atoms with Crippen LogP contribution in [0.25, 0.3) is 0 Å². The normalized spacial score (nSPS) is 15.6. The molecule has 8 nitrogen and oxygen atoms in total. The molecule has 1 N–H and O–H groups in total. The van der Waals surface area contributed by atoms with E-state index in [1.165, 1.54) is 0 Å². The molecular weight excluding hydrogens is 316 g/mol. The van der Waals surface area contributed by atoms with Crippen LogP contribution in [-0.4, -0.2) is 75.4 Å². The lowest BCUT2D eigenvalue weighted by atomic mass is 10.3. The lowest BCUT2D eigenvalue weighted by Gasteiger charge is -2.33. The van der Waals surface area contributed by atoms with Gasteiger partial charge in [-0.05, 0) is 25.6 Å². The number of nitrogens with zero attached hydrogens (tertiary/aromatic N) is 5. The lowest BCUT2D eigenvalue weighted by Crippen LogP contribution is -2.49. The van der Waals surface area contributed by atoms with Crippen LogP contribution >= 0.6 is 24.6 Å². The number of amides is 1. The van der Waals surface area contributed by atoms with Gasteiger partial charge in [0.05, 0.1) is 6.61 Å². The van der Waals surface area contributed by atoms with E-state index < -0.39 is 0 Å². The number of aromatic nitrogens is 4. The number of nitrogens with one attached hydrogen (secondary N) is 1. The van der Waals surface area contributed by atoms with E-state index in [4.69, 9.17) is 17.0 Å². The van der Waals surface area contributed by atoms with Gasteiger partial charge in [-0.1, -0.05) is 10.3 Å². The van der Waals surface area contributed by atoms with E-state index in [-0.39, 0.29) is 18.5 Å². The van der Waals surface area contributed by atoms with Crippen LogP contribution in [0.3, 0.4) is 0 Å². The van der Waals surface area contributed by atoms with Crippen LogP contribution in [0.1, 0.15) is 13.3 Å². The maximum Gasteiger partial charge on any atom is 0.409 e. The van der Waals surface area contributed by atoms with E-state index in [1.54, 1.807) is 9.58 Å². The quantitative estimate of drug-likeness (QED) is 0.806. The first kappa shape index (κ1) is 17.9. The van der Waals surface area contributed by atoms with Crippen molar-refractivity contribution in [2.24, 2.45) is 0 Å². The maximum atomic E-state index is 11.6. The second-order valence-electron chi connectivity index (χ2n) is 4.62. The summed E-state index contributed by atoms with van der Waals surface area (Å²) in [6.45, 7) is 7.22. The fourth-order valence-electron chi connectivity index (χ4n) is 2.18. The molecule has 0 radical (unpaired) electrons. The summed E-state index contributed by atoms with van der Waals surface area (Å²) in [5.74, 6) is 0. The molecule has 0 spiro atoms. The Hall–Kier alpha value is -1.19. The monoisotopic (exact) mass is 336 g/mol. The van der Waals surface area contributed by atoms with E-state index in [9.17, 15) is 4.79 Å². The van der Waals surface area contributed by atoms with Gasteiger partial charge in [0, 0.05) is 39.3 Å². The molecule has 1 amide bonds. The zero-order chi connectivity index (χ0) is 14.4. The Morgan fingerprint density at radius 1 is 1.33 bits per heavy atom. The van der Waals surface area contributed by atoms with Gasteiger partial charge >= 0.3 is 6.09 Å². The number of carbonyl (C=O) groups excluding carboxylic acids is 1. The number of carbonyl (C=O) groups is 1. The molecule has 1 aromatic heterocycles. The highest BCUT2D eigenvalue weighted by atomic mass is 35.5. The molecule has 0 bridgehead atoms. The lowest BCUT2D eigenvalue weighted by molar-refractivity contribution is 0.0790. The van der Waals surface area contributed by atoms with Crippen molar-refractivity contribution in [1.29, 1.82) is 0 Å². The molecule has 1 fully saturated rings. The minimum absolute atomic E-state index is 0. The minimum Gasteiger partial charge on any atom is -0.450 e. The molecule has 0 aromatic carbocycles. The summed E-state index contributed by atoms with van der Waals surface area (Å²) in [4.78, 5) is 15.7. The maximum absolute atomic E-state index is 11.6. The van der Waals surface area contributed by atoms with Crippen molar-refractivity contribution >= 4 is 30.7 Å². The molecular formula is C11H21ClN6O2S. The van der Waals surface area contributed by atoms with Crippen molar-refractivity contribution in [3.63, 3.8) is 0 Å². The molecule has 21 heavy (non-hydrogen) atoms. The number of rotatable bonds is 5. The largest absolute Gasteiger partial charge is 0.450 e. The summed E-state index contributed by atoms with van der Waals surface area (Å²) in [5.41, 5.74) is 0. The SMILES string of the molecule is CCOC(=O)N1CCN(CCCn2[nH]nnc2=S)CC1.Cl. The van der Waals surface area contributed by atoms with E-state index in [1.807, 2.05) is 6.92 Å². The predicted octanol–water partition coefficient (Wildman–Crippen LogP) is 0.922. The van der Waals surface area contributed by atoms with Gasteiger partial charge in [0.25, 0.3) is 0 Å². The molecule has 0 aliphatic carbocycles. The molecule has 1 aromatic rings. The van der Waals surface area contributed by atoms with Crippen LogP contribution < -0.4 is 0 Å². The van der Waals surface area contributed by atoms with Crippen LogP contribution in [0.2, 0.25) is 0 Å². The van der Waals surface area contributed by atoms with Gasteiger partial charge in [-0.2, -0.15) is 5.21 Å². The number of H-pyrrole nitrogens is 1. The van der Waals surface area contributed by atoms with E-state index in [2.05, 4.69) is 20.4 Å². The first-order valence-corrected chi connectivity index (χ1v) is 7.23. The van der Waals surface area contributed by atoms with E-state index in [0.717, 1.165) is 45.7 Å². The van der Waals surface area contributed by atoms with E-state index in [0.29, 0.717) is 11.4 Å². The molecule has 0 atom stereocenters. The molecule has 1 saturated heterocycles. The zero-order valence-electron chi connectivity index (χ0n) is 12.0. The van der Waals surface area contributed by atoms with Crippen LogP contribution in [0.5, 0.6) is 0 Å². The summed E-state index contributed by atoms with van der Waals surface area (Å²) >= 11 is 5.01. The summed E-state index contributed by atoms with van der Waals surface area (Å²) < 4.78 is 7.23. The third kappa shape index (κ3) is 5.25. The van der Waals surface area contributed by atoms with Crippen molar-refractivity contribution in [3.05, 3.63) is 4.77 Å². The Morgan fingerprint density at radius 2 is 2.05 bits per heavy atom. The van der Waals surface area contributed by atoms with Gasteiger partial charge in [0.2, 0.25) is 4.77 Å². The average molecular weight is 337 g/mol. The topological polar surface area (TPSA) is 79.3 Å². The molecule has 2 heterocycles. The van der Waals surface area contributed by atoms with Crippen LogP contribution in [0.4, 0.5) is 4.79 Å². The highest BCUT2D eigenvalue weighted by Crippen LogP contribution is 2.05. The highest BCUT2D eigenvalue weighted by molar-refractivity contribution is 7.71. The first-order chi connectivity index (χ1) is 9.70. The van der Waals surface area contributed by atoms with Gasteiger partial charge in [-0.25, -0.2) is 9.48 Å². The van der Waals surface area contributed by atoms with Crippen LogP contribution in [0.15, 0.2) is 0 Å². The fourth-order valence-corrected chi connectivity index (χ4v) is 2.36. The summed E-state index contributed by atoms with van der Waals surface area (Å²) in [5, 5.41) is 10.1. The Bertz CT molecular complexity index is 485. The van der Waals surface area contributed by atoms with Gasteiger partial charge in [0.15, 0.2) is 0 Å². The molecule has 1 aliphatic heterocycles. The summed E-state index contributed by atoms with van der Waals surface area (Å²) in [7, 11) is 0. The van der Waals surface area contributed by atoms with Crippen LogP contribution in [0, 0.1) is 4.77 Å². The number of hydrogen-bond donors (Lipinski definition) is 1. The summed E-state index contributed by atoms with van der Waals surface area (Å²) in [6.07, 6.45) is 0.763. The van der Waals surface area contributed by atoms with Gasteiger partial charge in [0.1, 0.15) is 0 Å². The molecule has 2 rings (SSSR count). The Kier molecular flexibility index (Phi) is 7.62. The molecule has 1 aliphatic rings.